The Hall–Kier alpha value is -1.18. The van der Waals surface area contributed by atoms with Crippen LogP contribution in [0.2, 0.25) is 0 Å². The lowest BCUT2D eigenvalue weighted by Crippen LogP contribution is -2.46. The number of hydrogen-bond donors (Lipinski definition) is 3. The summed E-state index contributed by atoms with van der Waals surface area (Å²) in [5, 5.41) is 14.5. The normalized spacial score (nSPS) is 24.8. The molecule has 1 saturated heterocycles. The Bertz CT molecular complexity index is 297. The summed E-state index contributed by atoms with van der Waals surface area (Å²) in [6, 6.07) is -0.0131. The molecule has 1 fully saturated rings. The Balaban J connectivity index is 2.42. The molecule has 1 amide bonds. The number of carbonyl (C=O) groups excluding carboxylic acids is 1. The number of nitrogens with one attached hydrogen (secondary N) is 2. The van der Waals surface area contributed by atoms with Crippen LogP contribution in [-0.4, -0.2) is 62.5 Å². The van der Waals surface area contributed by atoms with E-state index in [4.69, 9.17) is 14.6 Å². The first kappa shape index (κ1) is 14.9. The minimum Gasteiger partial charge on any atom is -0.479 e. The van der Waals surface area contributed by atoms with Crippen LogP contribution >= 0.6 is 0 Å². The first-order chi connectivity index (χ1) is 8.60. The van der Waals surface area contributed by atoms with Crippen molar-refractivity contribution in [3.05, 3.63) is 0 Å². The number of carboxylic acids is 1. The zero-order chi connectivity index (χ0) is 13.5. The smallest absolute Gasteiger partial charge is 0.334 e. The third-order valence-electron chi connectivity index (χ3n) is 2.91. The van der Waals surface area contributed by atoms with Crippen LogP contribution in [-0.2, 0) is 19.1 Å². The number of carbonyl (C=O) groups is 2. The number of aliphatic carboxylic acids is 1. The van der Waals surface area contributed by atoms with E-state index in [0.717, 1.165) is 6.54 Å². The minimum atomic E-state index is -1.09. The number of amides is 1. The monoisotopic (exact) mass is 260 g/mol. The molecule has 0 spiro atoms. The number of ether oxygens (including phenoxy) is 2. The second-order valence-corrected chi connectivity index (χ2v) is 4.12. The highest BCUT2D eigenvalue weighted by atomic mass is 16.5. The van der Waals surface area contributed by atoms with Gasteiger partial charge in [-0.1, -0.05) is 6.92 Å². The number of carboxylic acid groups (broad SMARTS) is 1. The number of methoxy groups -OCH3 is 1. The van der Waals surface area contributed by atoms with Gasteiger partial charge in [0.15, 0.2) is 6.10 Å². The molecule has 3 atom stereocenters. The van der Waals surface area contributed by atoms with E-state index in [9.17, 15) is 9.59 Å². The predicted molar refractivity (Wildman–Crippen MR) is 63.2 cm³/mol. The van der Waals surface area contributed by atoms with Gasteiger partial charge >= 0.3 is 5.97 Å². The summed E-state index contributed by atoms with van der Waals surface area (Å²) in [6.45, 7) is 3.53. The Morgan fingerprint density at radius 2 is 2.22 bits per heavy atom. The van der Waals surface area contributed by atoms with Crippen LogP contribution in [0.25, 0.3) is 0 Å². The summed E-state index contributed by atoms with van der Waals surface area (Å²) in [4.78, 5) is 22.6. The summed E-state index contributed by atoms with van der Waals surface area (Å²) in [7, 11) is 1.30. The van der Waals surface area contributed by atoms with E-state index in [2.05, 4.69) is 10.6 Å². The van der Waals surface area contributed by atoms with E-state index in [1.165, 1.54) is 7.11 Å². The second-order valence-electron chi connectivity index (χ2n) is 4.12. The maximum Gasteiger partial charge on any atom is 0.334 e. The van der Waals surface area contributed by atoms with E-state index in [-0.39, 0.29) is 24.4 Å². The van der Waals surface area contributed by atoms with Crippen LogP contribution in [0.1, 0.15) is 6.92 Å². The van der Waals surface area contributed by atoms with Crippen molar-refractivity contribution in [1.29, 1.82) is 0 Å². The average molecular weight is 260 g/mol. The molecular weight excluding hydrogens is 240 g/mol. The highest BCUT2D eigenvalue weighted by molar-refractivity contribution is 5.81. The zero-order valence-corrected chi connectivity index (χ0v) is 10.6. The third kappa shape index (κ3) is 3.94. The van der Waals surface area contributed by atoms with Gasteiger partial charge in [0.2, 0.25) is 5.91 Å². The Kier molecular flexibility index (Phi) is 6.03. The van der Waals surface area contributed by atoms with Crippen molar-refractivity contribution in [2.24, 2.45) is 5.92 Å². The van der Waals surface area contributed by atoms with Gasteiger partial charge in [-0.3, -0.25) is 4.79 Å². The highest BCUT2D eigenvalue weighted by Crippen LogP contribution is 2.13. The molecule has 1 rings (SSSR count). The molecule has 3 N–H and O–H groups in total. The molecule has 0 radical (unpaired) electrons. The van der Waals surface area contributed by atoms with E-state index in [0.29, 0.717) is 13.2 Å². The van der Waals surface area contributed by atoms with Crippen molar-refractivity contribution >= 4 is 11.9 Å². The fourth-order valence-electron chi connectivity index (χ4n) is 1.87. The van der Waals surface area contributed by atoms with E-state index >= 15 is 0 Å². The van der Waals surface area contributed by atoms with Gasteiger partial charge in [0.05, 0.1) is 25.7 Å². The molecule has 1 heterocycles. The van der Waals surface area contributed by atoms with Crippen molar-refractivity contribution in [2.45, 2.75) is 19.1 Å². The Labute approximate surface area is 106 Å². The summed E-state index contributed by atoms with van der Waals surface area (Å²) in [5.41, 5.74) is 0. The topological polar surface area (TPSA) is 96.9 Å². The van der Waals surface area contributed by atoms with Gasteiger partial charge in [-0.05, 0) is 6.54 Å². The summed E-state index contributed by atoms with van der Waals surface area (Å²) >= 11 is 0. The standard InChI is InChI=1S/C11H20N2O5/c1-3-12-8-6-18-5-7(8)10(14)13-4-9(17-2)11(15)16/h7-9,12H,3-6H2,1-2H3,(H,13,14)(H,15,16). The van der Waals surface area contributed by atoms with Crippen molar-refractivity contribution in [1.82, 2.24) is 10.6 Å². The second kappa shape index (κ2) is 7.30. The molecule has 0 saturated carbocycles. The van der Waals surface area contributed by atoms with Gasteiger partial charge in [0.1, 0.15) is 0 Å². The fourth-order valence-corrected chi connectivity index (χ4v) is 1.87. The molecule has 18 heavy (non-hydrogen) atoms. The number of hydrogen-bond acceptors (Lipinski definition) is 5. The maximum atomic E-state index is 11.9. The molecule has 0 aromatic rings. The van der Waals surface area contributed by atoms with Crippen molar-refractivity contribution in [3.63, 3.8) is 0 Å². The lowest BCUT2D eigenvalue weighted by Gasteiger charge is -2.19. The summed E-state index contributed by atoms with van der Waals surface area (Å²) < 4.78 is 9.99. The minimum absolute atomic E-state index is 0.0131. The van der Waals surface area contributed by atoms with Crippen LogP contribution in [0.3, 0.4) is 0 Å². The van der Waals surface area contributed by atoms with Crippen LogP contribution < -0.4 is 10.6 Å². The molecule has 0 bridgehead atoms. The van der Waals surface area contributed by atoms with E-state index in [1.807, 2.05) is 6.92 Å². The van der Waals surface area contributed by atoms with Gasteiger partial charge in [0.25, 0.3) is 0 Å². The average Bonchev–Trinajstić information content (AvgIpc) is 2.78. The number of rotatable bonds is 7. The molecular formula is C11H20N2O5. The Morgan fingerprint density at radius 1 is 1.50 bits per heavy atom. The molecule has 7 nitrogen and oxygen atoms in total. The first-order valence-corrected chi connectivity index (χ1v) is 5.94. The van der Waals surface area contributed by atoms with Gasteiger partial charge in [-0.15, -0.1) is 0 Å². The molecule has 0 aromatic heterocycles. The largest absolute Gasteiger partial charge is 0.479 e. The van der Waals surface area contributed by atoms with E-state index < -0.39 is 12.1 Å². The van der Waals surface area contributed by atoms with Crippen LogP contribution in [0.5, 0.6) is 0 Å². The zero-order valence-electron chi connectivity index (χ0n) is 10.6. The van der Waals surface area contributed by atoms with Gasteiger partial charge in [-0.25, -0.2) is 4.79 Å². The van der Waals surface area contributed by atoms with Gasteiger partial charge in [-0.2, -0.15) is 0 Å². The number of likely N-dealkylation sites (N-methyl/N-ethyl adjacent to an activating group) is 1. The van der Waals surface area contributed by atoms with Crippen LogP contribution in [0.15, 0.2) is 0 Å². The van der Waals surface area contributed by atoms with Gasteiger partial charge < -0.3 is 25.2 Å². The first-order valence-electron chi connectivity index (χ1n) is 5.94. The van der Waals surface area contributed by atoms with E-state index in [1.54, 1.807) is 0 Å². The van der Waals surface area contributed by atoms with Crippen molar-refractivity contribution in [2.75, 3.05) is 33.4 Å². The SMILES string of the molecule is CCNC1COCC1C(=O)NCC(OC)C(=O)O. The molecule has 0 aliphatic carbocycles. The molecule has 7 heteroatoms. The Morgan fingerprint density at radius 3 is 2.78 bits per heavy atom. The lowest BCUT2D eigenvalue weighted by atomic mass is 10.0. The predicted octanol–water partition coefficient (Wildman–Crippen LogP) is -1.17. The molecule has 3 unspecified atom stereocenters. The van der Waals surface area contributed by atoms with Crippen LogP contribution in [0.4, 0.5) is 0 Å². The molecule has 0 aromatic carbocycles. The summed E-state index contributed by atoms with van der Waals surface area (Å²) in [6.07, 6.45) is -1.02. The fraction of sp³-hybridized carbons (Fsp3) is 0.818. The molecule has 1 aliphatic rings. The van der Waals surface area contributed by atoms with Crippen molar-refractivity contribution < 1.29 is 24.2 Å². The van der Waals surface area contributed by atoms with Crippen LogP contribution in [0, 0.1) is 5.92 Å². The van der Waals surface area contributed by atoms with Gasteiger partial charge in [0, 0.05) is 13.2 Å². The highest BCUT2D eigenvalue weighted by Gasteiger charge is 2.33. The lowest BCUT2D eigenvalue weighted by molar-refractivity contribution is -0.148. The quantitative estimate of drug-likeness (QED) is 0.533. The molecule has 1 aliphatic heterocycles. The van der Waals surface area contributed by atoms with Crippen molar-refractivity contribution in [3.8, 4) is 0 Å². The molecule has 104 valence electrons. The maximum absolute atomic E-state index is 11.9. The third-order valence-corrected chi connectivity index (χ3v) is 2.91. The summed E-state index contributed by atoms with van der Waals surface area (Å²) in [5.74, 6) is -1.58.